The molecular weight excluding hydrogens is 257 g/mol. The van der Waals surface area contributed by atoms with E-state index in [4.69, 9.17) is 5.73 Å². The summed E-state index contributed by atoms with van der Waals surface area (Å²) < 4.78 is 15.7. The molecule has 0 fully saturated rings. The Balaban J connectivity index is 2.48. The molecule has 0 atom stereocenters. The van der Waals surface area contributed by atoms with Crippen LogP contribution >= 0.6 is 0 Å². The molecule has 5 heteroatoms. The van der Waals surface area contributed by atoms with Crippen LogP contribution in [0.25, 0.3) is 16.6 Å². The van der Waals surface area contributed by atoms with E-state index in [0.717, 1.165) is 0 Å². The molecule has 0 saturated heterocycles. The van der Waals surface area contributed by atoms with Crippen molar-refractivity contribution in [1.29, 1.82) is 0 Å². The van der Waals surface area contributed by atoms with E-state index in [1.54, 1.807) is 35.8 Å². The van der Waals surface area contributed by atoms with Gasteiger partial charge < -0.3 is 5.73 Å². The van der Waals surface area contributed by atoms with Crippen molar-refractivity contribution in [3.05, 3.63) is 64.5 Å². The highest BCUT2D eigenvalue weighted by molar-refractivity contribution is 5.80. The molecule has 20 heavy (non-hydrogen) atoms. The van der Waals surface area contributed by atoms with Crippen molar-refractivity contribution < 1.29 is 4.39 Å². The van der Waals surface area contributed by atoms with Gasteiger partial charge in [-0.25, -0.2) is 4.39 Å². The summed E-state index contributed by atoms with van der Waals surface area (Å²) in [5.74, 6) is -0.00361. The summed E-state index contributed by atoms with van der Waals surface area (Å²) >= 11 is 0. The zero-order valence-corrected chi connectivity index (χ0v) is 10.8. The number of halogens is 1. The monoisotopic (exact) mass is 269 g/mol. The molecule has 0 bridgehead atoms. The summed E-state index contributed by atoms with van der Waals surface area (Å²) in [6, 6.07) is 11.3. The quantitative estimate of drug-likeness (QED) is 0.690. The van der Waals surface area contributed by atoms with Crippen LogP contribution in [0.3, 0.4) is 0 Å². The number of benzene rings is 2. The molecule has 0 unspecified atom stereocenters. The average Bonchev–Trinajstić information content (AvgIpc) is 2.43. The van der Waals surface area contributed by atoms with Gasteiger partial charge in [-0.2, -0.15) is 4.98 Å². The van der Waals surface area contributed by atoms with Gasteiger partial charge in [-0.1, -0.05) is 12.1 Å². The maximum atomic E-state index is 14.1. The van der Waals surface area contributed by atoms with E-state index >= 15 is 0 Å². The van der Waals surface area contributed by atoms with Crippen LogP contribution < -0.4 is 11.3 Å². The number of aromatic nitrogens is 2. The summed E-state index contributed by atoms with van der Waals surface area (Å²) in [5.41, 5.74) is 6.74. The molecule has 3 rings (SSSR count). The van der Waals surface area contributed by atoms with E-state index in [0.29, 0.717) is 22.4 Å². The van der Waals surface area contributed by atoms with Crippen molar-refractivity contribution in [2.24, 2.45) is 0 Å². The van der Waals surface area contributed by atoms with Gasteiger partial charge >= 0.3 is 0 Å². The second-order valence-corrected chi connectivity index (χ2v) is 4.53. The van der Waals surface area contributed by atoms with Gasteiger partial charge in [-0.3, -0.25) is 9.36 Å². The maximum absolute atomic E-state index is 14.1. The lowest BCUT2D eigenvalue weighted by atomic mass is 10.2. The first-order valence-corrected chi connectivity index (χ1v) is 6.12. The molecule has 0 aliphatic rings. The van der Waals surface area contributed by atoms with Crippen molar-refractivity contribution >= 4 is 16.6 Å². The number of aryl methyl sites for hydroxylation is 1. The number of nitrogen functional groups attached to an aromatic ring is 1. The third kappa shape index (κ3) is 1.84. The molecule has 0 amide bonds. The van der Waals surface area contributed by atoms with E-state index in [9.17, 15) is 9.18 Å². The van der Waals surface area contributed by atoms with Crippen LogP contribution in [0.2, 0.25) is 0 Å². The van der Waals surface area contributed by atoms with Crippen LogP contribution in [-0.2, 0) is 0 Å². The van der Waals surface area contributed by atoms with Crippen molar-refractivity contribution in [2.45, 2.75) is 6.92 Å². The van der Waals surface area contributed by atoms with E-state index in [2.05, 4.69) is 4.98 Å². The van der Waals surface area contributed by atoms with Crippen molar-refractivity contribution in [1.82, 2.24) is 9.55 Å². The second kappa shape index (κ2) is 4.45. The van der Waals surface area contributed by atoms with Crippen molar-refractivity contribution in [3.8, 4) is 5.69 Å². The topological polar surface area (TPSA) is 60.9 Å². The van der Waals surface area contributed by atoms with Gasteiger partial charge in [0.25, 0.3) is 5.56 Å². The Morgan fingerprint density at radius 2 is 1.95 bits per heavy atom. The Hall–Kier alpha value is -2.69. The third-order valence-corrected chi connectivity index (χ3v) is 3.17. The van der Waals surface area contributed by atoms with Crippen LogP contribution in [0, 0.1) is 12.7 Å². The number of fused-ring (bicyclic) bond motifs is 1. The zero-order valence-electron chi connectivity index (χ0n) is 10.8. The van der Waals surface area contributed by atoms with E-state index in [-0.39, 0.29) is 11.2 Å². The third-order valence-electron chi connectivity index (χ3n) is 3.17. The molecule has 2 N–H and O–H groups in total. The summed E-state index contributed by atoms with van der Waals surface area (Å²) in [6.45, 7) is 1.66. The number of para-hydroxylation sites is 1. The predicted octanol–water partition coefficient (Wildman–Crippen LogP) is 2.42. The largest absolute Gasteiger partial charge is 0.399 e. The van der Waals surface area contributed by atoms with Crippen LogP contribution in [0.4, 0.5) is 10.1 Å². The molecule has 0 radical (unpaired) electrons. The summed E-state index contributed by atoms with van der Waals surface area (Å²) in [4.78, 5) is 15.8. The smallest absolute Gasteiger partial charge is 0.280 e. The normalized spacial score (nSPS) is 10.9. The summed E-state index contributed by atoms with van der Waals surface area (Å²) in [5, 5.41) is 0.444. The lowest BCUT2D eigenvalue weighted by molar-refractivity contribution is 0.617. The lowest BCUT2D eigenvalue weighted by Gasteiger charge is -2.14. The van der Waals surface area contributed by atoms with Crippen LogP contribution in [0.15, 0.2) is 47.3 Å². The molecule has 0 aliphatic carbocycles. The van der Waals surface area contributed by atoms with E-state index in [1.807, 2.05) is 0 Å². The highest BCUT2D eigenvalue weighted by Crippen LogP contribution is 2.22. The fourth-order valence-electron chi connectivity index (χ4n) is 2.29. The van der Waals surface area contributed by atoms with Crippen LogP contribution in [-0.4, -0.2) is 9.55 Å². The lowest BCUT2D eigenvalue weighted by Crippen LogP contribution is -2.16. The van der Waals surface area contributed by atoms with E-state index in [1.165, 1.54) is 18.2 Å². The maximum Gasteiger partial charge on any atom is 0.280 e. The van der Waals surface area contributed by atoms with Gasteiger partial charge in [-0.05, 0) is 37.3 Å². The minimum atomic E-state index is -0.419. The van der Waals surface area contributed by atoms with Gasteiger partial charge in [0.1, 0.15) is 11.6 Å². The molecule has 0 spiro atoms. The minimum Gasteiger partial charge on any atom is -0.399 e. The van der Waals surface area contributed by atoms with Gasteiger partial charge in [-0.15, -0.1) is 0 Å². The van der Waals surface area contributed by atoms with Gasteiger partial charge in [0.2, 0.25) is 0 Å². The number of nitrogens with zero attached hydrogens (tertiary/aromatic N) is 2. The number of anilines is 1. The summed E-state index contributed by atoms with van der Waals surface area (Å²) in [6.07, 6.45) is 0. The first-order chi connectivity index (χ1) is 9.58. The molecule has 0 saturated carbocycles. The number of hydrogen-bond acceptors (Lipinski definition) is 3. The predicted molar refractivity (Wildman–Crippen MR) is 76.4 cm³/mol. The zero-order chi connectivity index (χ0) is 14.3. The van der Waals surface area contributed by atoms with Crippen molar-refractivity contribution in [3.63, 3.8) is 0 Å². The molecule has 100 valence electrons. The van der Waals surface area contributed by atoms with Crippen molar-refractivity contribution in [2.75, 3.05) is 5.73 Å². The van der Waals surface area contributed by atoms with Crippen LogP contribution in [0.1, 0.15) is 5.82 Å². The molecule has 4 nitrogen and oxygen atoms in total. The van der Waals surface area contributed by atoms with Gasteiger partial charge in [0.15, 0.2) is 0 Å². The number of rotatable bonds is 1. The average molecular weight is 269 g/mol. The molecule has 3 aromatic rings. The Bertz CT molecular complexity index is 871. The molecule has 1 aromatic heterocycles. The summed E-state index contributed by atoms with van der Waals surface area (Å²) in [7, 11) is 0. The second-order valence-electron chi connectivity index (χ2n) is 4.53. The molecule has 1 heterocycles. The standard InChI is InChI=1S/C15H12FN3O/c1-9-18-15(20)11-4-2-3-5-13(11)19(9)14-8-10(17)6-7-12(14)16/h2-8H,17H2,1H3. The molecular formula is C15H12FN3O. The Morgan fingerprint density at radius 1 is 1.20 bits per heavy atom. The fraction of sp³-hybridized carbons (Fsp3) is 0.0667. The first kappa shape index (κ1) is 12.3. The molecule has 2 aromatic carbocycles. The fourth-order valence-corrected chi connectivity index (χ4v) is 2.29. The number of nitrogens with two attached hydrogens (primary N) is 1. The Labute approximate surface area is 114 Å². The Morgan fingerprint density at radius 3 is 2.75 bits per heavy atom. The van der Waals surface area contributed by atoms with Crippen LogP contribution in [0.5, 0.6) is 0 Å². The first-order valence-electron chi connectivity index (χ1n) is 6.12. The highest BCUT2D eigenvalue weighted by Gasteiger charge is 2.12. The highest BCUT2D eigenvalue weighted by atomic mass is 19.1. The SMILES string of the molecule is Cc1nc(=O)c2ccccc2n1-c1cc(N)ccc1F. The molecule has 0 aliphatic heterocycles. The van der Waals surface area contributed by atoms with Gasteiger partial charge in [0.05, 0.1) is 16.6 Å². The van der Waals surface area contributed by atoms with Gasteiger partial charge in [0, 0.05) is 5.69 Å². The Kier molecular flexibility index (Phi) is 2.75. The number of hydrogen-bond donors (Lipinski definition) is 1. The van der Waals surface area contributed by atoms with E-state index < -0.39 is 5.82 Å². The minimum absolute atomic E-state index is 0.284.